The molecule has 2 saturated heterocycles. The van der Waals surface area contributed by atoms with Crippen molar-refractivity contribution >= 4 is 5.91 Å². The minimum absolute atomic E-state index is 0.288. The van der Waals surface area contributed by atoms with Crippen LogP contribution in [-0.2, 0) is 11.3 Å². The van der Waals surface area contributed by atoms with E-state index in [9.17, 15) is 4.79 Å². The lowest BCUT2D eigenvalue weighted by Gasteiger charge is -2.38. The van der Waals surface area contributed by atoms with Gasteiger partial charge in [-0.05, 0) is 12.5 Å². The Hall–Kier alpha value is -1.43. The lowest BCUT2D eigenvalue weighted by molar-refractivity contribution is -0.135. The molecule has 1 amide bonds. The van der Waals surface area contributed by atoms with Crippen LogP contribution in [0.2, 0.25) is 0 Å². The third kappa shape index (κ3) is 4.53. The number of piperazine rings is 2. The number of carbonyl (C=O) groups is 1. The Morgan fingerprint density at radius 1 is 1.09 bits per heavy atom. The largest absolute Gasteiger partial charge is 0.336 e. The van der Waals surface area contributed by atoms with E-state index in [0.717, 1.165) is 52.4 Å². The van der Waals surface area contributed by atoms with E-state index >= 15 is 0 Å². The Morgan fingerprint density at radius 3 is 2.48 bits per heavy atom. The number of nitrogens with zero attached hydrogens (tertiary/aromatic N) is 3. The van der Waals surface area contributed by atoms with Gasteiger partial charge in [0.05, 0.1) is 6.54 Å². The van der Waals surface area contributed by atoms with Crippen LogP contribution in [0.3, 0.4) is 0 Å². The highest BCUT2D eigenvalue weighted by molar-refractivity contribution is 5.78. The summed E-state index contributed by atoms with van der Waals surface area (Å²) in [6.07, 6.45) is 0. The predicted octanol–water partition coefficient (Wildman–Crippen LogP) is 0.625. The maximum absolute atomic E-state index is 12.5. The second kappa shape index (κ2) is 7.90. The molecule has 3 rings (SSSR count). The first-order chi connectivity index (χ1) is 11.2. The van der Waals surface area contributed by atoms with E-state index in [0.29, 0.717) is 12.6 Å². The van der Waals surface area contributed by atoms with Gasteiger partial charge in [0.25, 0.3) is 0 Å². The maximum atomic E-state index is 12.5. The van der Waals surface area contributed by atoms with Crippen LogP contribution in [0.15, 0.2) is 30.3 Å². The molecule has 2 fully saturated rings. The highest BCUT2D eigenvalue weighted by Gasteiger charge is 2.26. The molecule has 1 aromatic rings. The fourth-order valence-electron chi connectivity index (χ4n) is 3.44. The summed E-state index contributed by atoms with van der Waals surface area (Å²) in [6.45, 7) is 10.4. The number of nitrogens with one attached hydrogen (secondary N) is 1. The van der Waals surface area contributed by atoms with Crippen LogP contribution in [0.1, 0.15) is 12.5 Å². The Labute approximate surface area is 139 Å². The van der Waals surface area contributed by atoms with Gasteiger partial charge in [-0.2, -0.15) is 0 Å². The molecule has 0 spiro atoms. The van der Waals surface area contributed by atoms with E-state index < -0.39 is 0 Å². The Kier molecular flexibility index (Phi) is 5.65. The number of rotatable bonds is 4. The molecule has 1 atom stereocenters. The number of benzene rings is 1. The van der Waals surface area contributed by atoms with Gasteiger partial charge in [-0.3, -0.25) is 14.6 Å². The molecule has 5 heteroatoms. The molecule has 0 aromatic heterocycles. The van der Waals surface area contributed by atoms with E-state index in [1.807, 2.05) is 4.90 Å². The smallest absolute Gasteiger partial charge is 0.237 e. The highest BCUT2D eigenvalue weighted by atomic mass is 16.2. The van der Waals surface area contributed by atoms with Gasteiger partial charge in [0.2, 0.25) is 5.91 Å². The summed E-state index contributed by atoms with van der Waals surface area (Å²) < 4.78 is 0. The van der Waals surface area contributed by atoms with Gasteiger partial charge < -0.3 is 10.2 Å². The summed E-state index contributed by atoms with van der Waals surface area (Å²) >= 11 is 0. The van der Waals surface area contributed by atoms with Gasteiger partial charge >= 0.3 is 0 Å². The number of hydrogen-bond acceptors (Lipinski definition) is 4. The fourth-order valence-corrected chi connectivity index (χ4v) is 3.44. The van der Waals surface area contributed by atoms with Crippen molar-refractivity contribution < 1.29 is 4.79 Å². The van der Waals surface area contributed by atoms with Crippen molar-refractivity contribution in [1.29, 1.82) is 0 Å². The third-order valence-electron chi connectivity index (χ3n) is 4.89. The van der Waals surface area contributed by atoms with Crippen molar-refractivity contribution in [1.82, 2.24) is 20.0 Å². The van der Waals surface area contributed by atoms with Crippen LogP contribution >= 0.6 is 0 Å². The van der Waals surface area contributed by atoms with E-state index in [1.165, 1.54) is 5.56 Å². The summed E-state index contributed by atoms with van der Waals surface area (Å²) in [7, 11) is 0. The summed E-state index contributed by atoms with van der Waals surface area (Å²) in [5.74, 6) is 0.288. The molecule has 1 aromatic carbocycles. The standard InChI is InChI=1S/C18H28N4O/c1-16-13-19-7-8-22(16)18(23)15-21-11-9-20(10-12-21)14-17-5-3-2-4-6-17/h2-6,16,19H,7-15H2,1H3/t16-/m1/s1. The average molecular weight is 316 g/mol. The van der Waals surface area contributed by atoms with Crippen molar-refractivity contribution in [3.63, 3.8) is 0 Å². The molecule has 2 aliphatic rings. The lowest BCUT2D eigenvalue weighted by Crippen LogP contribution is -2.56. The van der Waals surface area contributed by atoms with Crippen molar-refractivity contribution in [2.45, 2.75) is 19.5 Å². The van der Waals surface area contributed by atoms with E-state index in [4.69, 9.17) is 0 Å². The monoisotopic (exact) mass is 316 g/mol. The van der Waals surface area contributed by atoms with Crippen LogP contribution in [0.5, 0.6) is 0 Å². The average Bonchev–Trinajstić information content (AvgIpc) is 2.58. The number of carbonyl (C=O) groups excluding carboxylic acids is 1. The SMILES string of the molecule is C[C@@H]1CNCCN1C(=O)CN1CCN(Cc2ccccc2)CC1. The molecule has 0 bridgehead atoms. The first-order valence-electron chi connectivity index (χ1n) is 8.71. The third-order valence-corrected chi connectivity index (χ3v) is 4.89. The highest BCUT2D eigenvalue weighted by Crippen LogP contribution is 2.10. The van der Waals surface area contributed by atoms with E-state index in [2.05, 4.69) is 52.4 Å². The molecule has 0 radical (unpaired) electrons. The Balaban J connectivity index is 1.43. The van der Waals surface area contributed by atoms with Crippen LogP contribution in [0, 0.1) is 0 Å². The molecule has 0 saturated carbocycles. The molecule has 5 nitrogen and oxygen atoms in total. The molecular formula is C18H28N4O. The van der Waals surface area contributed by atoms with Crippen molar-refractivity contribution in [3.8, 4) is 0 Å². The Bertz CT molecular complexity index is 499. The molecule has 1 N–H and O–H groups in total. The minimum Gasteiger partial charge on any atom is -0.336 e. The van der Waals surface area contributed by atoms with Gasteiger partial charge in [0, 0.05) is 58.4 Å². The van der Waals surface area contributed by atoms with Gasteiger partial charge in [0.1, 0.15) is 0 Å². The summed E-state index contributed by atoms with van der Waals surface area (Å²) in [5, 5.41) is 3.34. The van der Waals surface area contributed by atoms with E-state index in [-0.39, 0.29) is 5.91 Å². The van der Waals surface area contributed by atoms with Crippen LogP contribution in [0.4, 0.5) is 0 Å². The van der Waals surface area contributed by atoms with Crippen molar-refractivity contribution in [2.24, 2.45) is 0 Å². The minimum atomic E-state index is 0.288. The molecule has 0 aliphatic carbocycles. The van der Waals surface area contributed by atoms with Crippen molar-refractivity contribution in [3.05, 3.63) is 35.9 Å². The van der Waals surface area contributed by atoms with Gasteiger partial charge in [-0.15, -0.1) is 0 Å². The molecule has 2 aliphatic heterocycles. The molecule has 23 heavy (non-hydrogen) atoms. The topological polar surface area (TPSA) is 38.8 Å². The second-order valence-corrected chi connectivity index (χ2v) is 6.68. The zero-order valence-corrected chi connectivity index (χ0v) is 14.1. The first kappa shape index (κ1) is 16.4. The zero-order chi connectivity index (χ0) is 16.1. The maximum Gasteiger partial charge on any atom is 0.237 e. The second-order valence-electron chi connectivity index (χ2n) is 6.68. The van der Waals surface area contributed by atoms with Crippen molar-refractivity contribution in [2.75, 3.05) is 52.4 Å². The Morgan fingerprint density at radius 2 is 1.78 bits per heavy atom. The molecule has 2 heterocycles. The zero-order valence-electron chi connectivity index (χ0n) is 14.1. The van der Waals surface area contributed by atoms with Gasteiger partial charge in [-0.1, -0.05) is 30.3 Å². The molecule has 0 unspecified atom stereocenters. The quantitative estimate of drug-likeness (QED) is 0.884. The number of amides is 1. The van der Waals surface area contributed by atoms with Crippen LogP contribution in [-0.4, -0.2) is 79.0 Å². The molecular weight excluding hydrogens is 288 g/mol. The summed E-state index contributed by atoms with van der Waals surface area (Å²) in [5.41, 5.74) is 1.37. The predicted molar refractivity (Wildman–Crippen MR) is 92.2 cm³/mol. The van der Waals surface area contributed by atoms with Gasteiger partial charge in [0.15, 0.2) is 0 Å². The number of hydrogen-bond donors (Lipinski definition) is 1. The fraction of sp³-hybridized carbons (Fsp3) is 0.611. The normalized spacial score (nSPS) is 23.9. The first-order valence-corrected chi connectivity index (χ1v) is 8.71. The van der Waals surface area contributed by atoms with Crippen LogP contribution < -0.4 is 5.32 Å². The molecule has 126 valence electrons. The van der Waals surface area contributed by atoms with E-state index in [1.54, 1.807) is 0 Å². The van der Waals surface area contributed by atoms with Gasteiger partial charge in [-0.25, -0.2) is 0 Å². The lowest BCUT2D eigenvalue weighted by atomic mass is 10.2. The summed E-state index contributed by atoms with van der Waals surface area (Å²) in [4.78, 5) is 19.3. The summed E-state index contributed by atoms with van der Waals surface area (Å²) in [6, 6.07) is 10.9. The van der Waals surface area contributed by atoms with Crippen LogP contribution in [0.25, 0.3) is 0 Å².